The van der Waals surface area contributed by atoms with Crippen molar-refractivity contribution >= 4 is 36.3 Å². The Hall–Kier alpha value is -2.46. The van der Waals surface area contributed by atoms with Gasteiger partial charge in [-0.05, 0) is 32.4 Å². The van der Waals surface area contributed by atoms with Crippen LogP contribution in [0.4, 0.5) is 5.82 Å². The van der Waals surface area contributed by atoms with E-state index in [4.69, 9.17) is 13.8 Å². The summed E-state index contributed by atoms with van der Waals surface area (Å²) in [6.45, 7) is 4.88. The summed E-state index contributed by atoms with van der Waals surface area (Å²) >= 11 is 0.922. The number of carbonyl (C=O) groups excluding carboxylic acids is 2. The second-order valence-corrected chi connectivity index (χ2v) is 13.4. The fourth-order valence-electron chi connectivity index (χ4n) is 3.85. The molecule has 2 unspecified atom stereocenters. The molecule has 42 heavy (non-hydrogen) atoms. The summed E-state index contributed by atoms with van der Waals surface area (Å²) < 4.78 is 31.6. The van der Waals surface area contributed by atoms with E-state index in [1.165, 1.54) is 26.1 Å². The zero-order valence-electron chi connectivity index (χ0n) is 23.8. The van der Waals surface area contributed by atoms with Crippen LogP contribution in [0.5, 0.6) is 0 Å². The zero-order chi connectivity index (χ0) is 31.1. The first kappa shape index (κ1) is 34.0. The number of carbonyl (C=O) groups is 2. The molecule has 0 bridgehead atoms. The molecular weight excluding hydrogens is 591 g/mol. The number of aliphatic hydroxyl groups is 3. The molecule has 1 fully saturated rings. The first-order valence-corrected chi connectivity index (χ1v) is 15.6. The Kier molecular flexibility index (Phi) is 11.6. The molecule has 1 saturated heterocycles. The van der Waals surface area contributed by atoms with Crippen LogP contribution in [0, 0.1) is 5.41 Å². The highest BCUT2D eigenvalue weighted by atomic mass is 32.2. The number of amides is 1. The van der Waals surface area contributed by atoms with Gasteiger partial charge in [-0.15, -0.1) is 0 Å². The molecule has 2 heterocycles. The topological polar surface area (TPSA) is 199 Å². The van der Waals surface area contributed by atoms with Crippen molar-refractivity contribution in [2.24, 2.45) is 5.41 Å². The first-order valence-electron chi connectivity index (χ1n) is 13.1. The third-order valence-corrected chi connectivity index (χ3v) is 9.14. The molecule has 0 saturated carbocycles. The smallest absolute Gasteiger partial charge is 0.395 e. The zero-order valence-corrected chi connectivity index (χ0v) is 25.5. The average molecular weight is 629 g/mol. The van der Waals surface area contributed by atoms with Crippen LogP contribution in [0.25, 0.3) is 0 Å². The predicted molar refractivity (Wildman–Crippen MR) is 154 cm³/mol. The lowest BCUT2D eigenvalue weighted by Gasteiger charge is -2.27. The summed E-state index contributed by atoms with van der Waals surface area (Å²) in [6, 6.07) is 10.4. The van der Waals surface area contributed by atoms with Crippen LogP contribution >= 0.6 is 19.5 Å². The van der Waals surface area contributed by atoms with Crippen LogP contribution in [0.3, 0.4) is 0 Å². The van der Waals surface area contributed by atoms with Crippen LogP contribution in [0.2, 0.25) is 0 Å². The van der Waals surface area contributed by atoms with E-state index in [0.717, 1.165) is 21.9 Å². The van der Waals surface area contributed by atoms with Gasteiger partial charge in [-0.1, -0.05) is 42.1 Å². The number of rotatable bonds is 14. The lowest BCUT2D eigenvalue weighted by atomic mass is 9.96. The van der Waals surface area contributed by atoms with E-state index in [-0.39, 0.29) is 36.4 Å². The van der Waals surface area contributed by atoms with Gasteiger partial charge < -0.3 is 25.4 Å². The summed E-state index contributed by atoms with van der Waals surface area (Å²) in [5.41, 5.74) is -2.99. The standard InChI is InChI=1S/C26H37N4O10PS/c1-17(32)28-20-10-11-30(24(35)29-20)22-26(4,36)21(33)19(40-22)15-39-41(37,27-14-18-8-6-5-7-9-18)38-12-13-42-23(34)25(2,3)16-31/h5-11,19,21-22,31,33,36H,12-16H2,1-4H3,(H,27,37)(H,28,29,32,35)/t19-,21?,22-,26-,41?/m1/s1. The highest BCUT2D eigenvalue weighted by Crippen LogP contribution is 2.46. The van der Waals surface area contributed by atoms with Gasteiger partial charge in [0.15, 0.2) is 11.3 Å². The van der Waals surface area contributed by atoms with Crippen LogP contribution in [-0.2, 0) is 34.5 Å². The van der Waals surface area contributed by atoms with Gasteiger partial charge in [0, 0.05) is 25.4 Å². The summed E-state index contributed by atoms with van der Waals surface area (Å²) in [5, 5.41) is 36.1. The quantitative estimate of drug-likeness (QED) is 0.149. The summed E-state index contributed by atoms with van der Waals surface area (Å²) in [5.74, 6) is -0.292. The third-order valence-electron chi connectivity index (χ3n) is 6.40. The van der Waals surface area contributed by atoms with E-state index in [2.05, 4.69) is 15.4 Å². The Labute approximate surface area is 247 Å². The number of nitrogens with one attached hydrogen (secondary N) is 2. The molecule has 1 aliphatic rings. The minimum atomic E-state index is -4.05. The summed E-state index contributed by atoms with van der Waals surface area (Å²) in [4.78, 5) is 39.9. The Morgan fingerprint density at radius 3 is 2.55 bits per heavy atom. The number of ether oxygens (including phenoxy) is 1. The molecule has 232 valence electrons. The minimum absolute atomic E-state index is 0.00388. The van der Waals surface area contributed by atoms with Crippen LogP contribution in [-0.4, -0.2) is 79.3 Å². The summed E-state index contributed by atoms with van der Waals surface area (Å²) in [6.07, 6.45) is -2.94. The molecule has 0 radical (unpaired) electrons. The van der Waals surface area contributed by atoms with Gasteiger partial charge in [0.1, 0.15) is 23.6 Å². The van der Waals surface area contributed by atoms with E-state index in [9.17, 15) is 34.3 Å². The minimum Gasteiger partial charge on any atom is -0.395 e. The SMILES string of the molecule is CC(=O)Nc1ccn([C@@H]2O[C@H](COP(=O)(NCc3ccccc3)OCCSC(=O)C(C)(C)CO)C(O)[C@@]2(C)O)c(=O)n1. The maximum absolute atomic E-state index is 13.7. The molecule has 16 heteroatoms. The van der Waals surface area contributed by atoms with Gasteiger partial charge in [-0.2, -0.15) is 4.98 Å². The highest BCUT2D eigenvalue weighted by molar-refractivity contribution is 8.13. The maximum Gasteiger partial charge on any atom is 0.405 e. The van der Waals surface area contributed by atoms with Crippen LogP contribution in [0.15, 0.2) is 47.4 Å². The predicted octanol–water partition coefficient (Wildman–Crippen LogP) is 1.42. The van der Waals surface area contributed by atoms with E-state index in [0.29, 0.717) is 0 Å². The summed E-state index contributed by atoms with van der Waals surface area (Å²) in [7, 11) is -4.05. The van der Waals surface area contributed by atoms with Crippen molar-refractivity contribution in [1.82, 2.24) is 14.6 Å². The van der Waals surface area contributed by atoms with Crippen molar-refractivity contribution in [3.8, 4) is 0 Å². The van der Waals surface area contributed by atoms with Crippen molar-refractivity contribution in [2.45, 2.75) is 58.3 Å². The van der Waals surface area contributed by atoms with Gasteiger partial charge in [0.2, 0.25) is 5.91 Å². The molecule has 2 aromatic rings. The molecular formula is C26H37N4O10PS. The number of thioether (sulfide) groups is 1. The number of aliphatic hydroxyl groups excluding tert-OH is 2. The third kappa shape index (κ3) is 8.78. The van der Waals surface area contributed by atoms with Gasteiger partial charge in [0.05, 0.1) is 25.2 Å². The number of hydrogen-bond donors (Lipinski definition) is 5. The molecule has 5 N–H and O–H groups in total. The molecule has 1 amide bonds. The maximum atomic E-state index is 13.7. The molecule has 0 aliphatic carbocycles. The lowest BCUT2D eigenvalue weighted by Crippen LogP contribution is -2.46. The van der Waals surface area contributed by atoms with Crippen LogP contribution in [0.1, 0.15) is 39.5 Å². The van der Waals surface area contributed by atoms with Crippen molar-refractivity contribution in [1.29, 1.82) is 0 Å². The first-order chi connectivity index (χ1) is 19.7. The highest BCUT2D eigenvalue weighted by Gasteiger charge is 2.54. The normalized spacial score (nSPS) is 23.8. The molecule has 0 spiro atoms. The fraction of sp³-hybridized carbons (Fsp3) is 0.538. The monoisotopic (exact) mass is 628 g/mol. The molecule has 3 rings (SSSR count). The number of anilines is 1. The second kappa shape index (κ2) is 14.3. The largest absolute Gasteiger partial charge is 0.405 e. The fourth-order valence-corrected chi connectivity index (χ4v) is 6.09. The Morgan fingerprint density at radius 2 is 1.93 bits per heavy atom. The Balaban J connectivity index is 1.70. The van der Waals surface area contributed by atoms with Crippen LogP contribution < -0.4 is 16.1 Å². The number of hydrogen-bond acceptors (Lipinski definition) is 12. The molecule has 14 nitrogen and oxygen atoms in total. The van der Waals surface area contributed by atoms with Gasteiger partial charge in [0.25, 0.3) is 0 Å². The van der Waals surface area contributed by atoms with Gasteiger partial charge >= 0.3 is 13.4 Å². The Bertz CT molecular complexity index is 1340. The van der Waals surface area contributed by atoms with Gasteiger partial charge in [-0.3, -0.25) is 23.2 Å². The molecule has 1 aliphatic heterocycles. The van der Waals surface area contributed by atoms with E-state index in [1.54, 1.807) is 38.1 Å². The van der Waals surface area contributed by atoms with E-state index >= 15 is 0 Å². The number of aromatic nitrogens is 2. The number of benzene rings is 1. The second-order valence-electron chi connectivity index (χ2n) is 10.5. The van der Waals surface area contributed by atoms with Crippen molar-refractivity contribution in [3.05, 3.63) is 58.6 Å². The number of nitrogens with zero attached hydrogens (tertiary/aromatic N) is 2. The Morgan fingerprint density at radius 1 is 1.24 bits per heavy atom. The van der Waals surface area contributed by atoms with Gasteiger partial charge in [-0.25, -0.2) is 14.4 Å². The van der Waals surface area contributed by atoms with E-state index < -0.39 is 55.4 Å². The molecule has 1 aromatic carbocycles. The molecule has 5 atom stereocenters. The average Bonchev–Trinajstić information content (AvgIpc) is 3.17. The van der Waals surface area contributed by atoms with Crippen molar-refractivity contribution in [2.75, 3.05) is 30.9 Å². The van der Waals surface area contributed by atoms with E-state index in [1.807, 2.05) is 6.07 Å². The lowest BCUT2D eigenvalue weighted by molar-refractivity contribution is -0.120. The molecule has 1 aromatic heterocycles. The van der Waals surface area contributed by atoms with Crippen molar-refractivity contribution < 1.29 is 43.3 Å². The van der Waals surface area contributed by atoms with Crippen molar-refractivity contribution in [3.63, 3.8) is 0 Å².